The quantitative estimate of drug-likeness (QED) is 0.631. The van der Waals surface area contributed by atoms with Crippen molar-refractivity contribution in [3.05, 3.63) is 18.2 Å². The standard InChI is InChI=1S/C12H14N2O2/c15-8-3-4-9-11(5-8)14-12(16)6-10(13-9)7-1-2-7/h3-5,7,10,13,15H,1-2,6H2,(H,14,16). The van der Waals surface area contributed by atoms with Crippen LogP contribution in [-0.4, -0.2) is 17.1 Å². The van der Waals surface area contributed by atoms with Crippen LogP contribution < -0.4 is 10.6 Å². The van der Waals surface area contributed by atoms with E-state index in [4.69, 9.17) is 0 Å². The molecule has 1 aliphatic carbocycles. The Morgan fingerprint density at radius 1 is 1.25 bits per heavy atom. The third kappa shape index (κ3) is 1.71. The number of amides is 1. The highest BCUT2D eigenvalue weighted by Gasteiger charge is 2.34. The van der Waals surface area contributed by atoms with Gasteiger partial charge in [-0.2, -0.15) is 0 Å². The minimum absolute atomic E-state index is 0.0220. The van der Waals surface area contributed by atoms with Gasteiger partial charge in [-0.3, -0.25) is 4.79 Å². The molecule has 4 heteroatoms. The molecule has 4 nitrogen and oxygen atoms in total. The Kier molecular flexibility index (Phi) is 2.02. The maximum absolute atomic E-state index is 11.7. The molecule has 3 N–H and O–H groups in total. The second-order valence-electron chi connectivity index (χ2n) is 4.57. The fourth-order valence-corrected chi connectivity index (χ4v) is 2.20. The lowest BCUT2D eigenvalue weighted by molar-refractivity contribution is -0.116. The lowest BCUT2D eigenvalue weighted by atomic mass is 10.1. The molecule has 84 valence electrons. The molecule has 1 aromatic rings. The van der Waals surface area contributed by atoms with Gasteiger partial charge in [0.1, 0.15) is 5.75 Å². The molecule has 0 spiro atoms. The highest BCUT2D eigenvalue weighted by atomic mass is 16.3. The highest BCUT2D eigenvalue weighted by Crippen LogP contribution is 2.39. The van der Waals surface area contributed by atoms with E-state index in [1.165, 1.54) is 12.8 Å². The molecular weight excluding hydrogens is 204 g/mol. The predicted molar refractivity (Wildman–Crippen MR) is 61.5 cm³/mol. The lowest BCUT2D eigenvalue weighted by Gasteiger charge is -2.15. The van der Waals surface area contributed by atoms with E-state index in [1.807, 2.05) is 6.07 Å². The second kappa shape index (κ2) is 3.40. The van der Waals surface area contributed by atoms with Crippen molar-refractivity contribution in [2.24, 2.45) is 5.92 Å². The smallest absolute Gasteiger partial charge is 0.226 e. The van der Waals surface area contributed by atoms with Crippen molar-refractivity contribution in [1.29, 1.82) is 0 Å². The maximum atomic E-state index is 11.7. The van der Waals surface area contributed by atoms with Gasteiger partial charge < -0.3 is 15.7 Å². The zero-order valence-electron chi connectivity index (χ0n) is 8.86. The topological polar surface area (TPSA) is 61.4 Å². The Bertz CT molecular complexity index is 441. The summed E-state index contributed by atoms with van der Waals surface area (Å²) in [6, 6.07) is 5.26. The van der Waals surface area contributed by atoms with Gasteiger partial charge in [0.05, 0.1) is 11.4 Å². The van der Waals surface area contributed by atoms with E-state index in [0.29, 0.717) is 18.0 Å². The van der Waals surface area contributed by atoms with Gasteiger partial charge in [0.2, 0.25) is 5.91 Å². The van der Waals surface area contributed by atoms with E-state index in [2.05, 4.69) is 10.6 Å². The van der Waals surface area contributed by atoms with Crippen molar-refractivity contribution < 1.29 is 9.90 Å². The lowest BCUT2D eigenvalue weighted by Crippen LogP contribution is -2.24. The monoisotopic (exact) mass is 218 g/mol. The molecule has 1 aromatic carbocycles. The number of nitrogens with one attached hydrogen (secondary N) is 2. The van der Waals surface area contributed by atoms with Crippen LogP contribution in [-0.2, 0) is 4.79 Å². The number of benzene rings is 1. The number of hydrogen-bond acceptors (Lipinski definition) is 3. The van der Waals surface area contributed by atoms with Gasteiger partial charge in [0.15, 0.2) is 0 Å². The Hall–Kier alpha value is -1.71. The SMILES string of the molecule is O=C1CC(C2CC2)Nc2ccc(O)cc2N1. The third-order valence-corrected chi connectivity index (χ3v) is 3.21. The third-order valence-electron chi connectivity index (χ3n) is 3.21. The molecule has 3 rings (SSSR count). The van der Waals surface area contributed by atoms with Crippen LogP contribution in [0.1, 0.15) is 19.3 Å². The number of fused-ring (bicyclic) bond motifs is 1. The number of rotatable bonds is 1. The molecule has 1 atom stereocenters. The molecule has 1 fully saturated rings. The van der Waals surface area contributed by atoms with E-state index < -0.39 is 0 Å². The first kappa shape index (κ1) is 9.51. The first-order chi connectivity index (χ1) is 7.72. The summed E-state index contributed by atoms with van der Waals surface area (Å²) in [5.41, 5.74) is 1.58. The van der Waals surface area contributed by atoms with Crippen molar-refractivity contribution in [1.82, 2.24) is 0 Å². The van der Waals surface area contributed by atoms with E-state index in [1.54, 1.807) is 12.1 Å². The fourth-order valence-electron chi connectivity index (χ4n) is 2.20. The Labute approximate surface area is 93.7 Å². The second-order valence-corrected chi connectivity index (χ2v) is 4.57. The summed E-state index contributed by atoms with van der Waals surface area (Å²) in [4.78, 5) is 11.7. The first-order valence-corrected chi connectivity index (χ1v) is 5.62. The predicted octanol–water partition coefficient (Wildman–Crippen LogP) is 1.92. The van der Waals surface area contributed by atoms with Gasteiger partial charge in [-0.15, -0.1) is 0 Å². The van der Waals surface area contributed by atoms with Crippen LogP contribution in [0.2, 0.25) is 0 Å². The van der Waals surface area contributed by atoms with Gasteiger partial charge in [0, 0.05) is 18.5 Å². The molecular formula is C12H14N2O2. The van der Waals surface area contributed by atoms with Gasteiger partial charge in [-0.05, 0) is 30.9 Å². The van der Waals surface area contributed by atoms with E-state index in [9.17, 15) is 9.90 Å². The summed E-state index contributed by atoms with van der Waals surface area (Å²) in [5.74, 6) is 0.824. The van der Waals surface area contributed by atoms with E-state index in [-0.39, 0.29) is 17.7 Å². The van der Waals surface area contributed by atoms with Crippen LogP contribution in [0.5, 0.6) is 5.75 Å². The number of phenolic OH excluding ortho intramolecular Hbond substituents is 1. The molecule has 0 saturated heterocycles. The Morgan fingerprint density at radius 2 is 2.06 bits per heavy atom. The summed E-state index contributed by atoms with van der Waals surface area (Å²) in [6.45, 7) is 0. The molecule has 0 aromatic heterocycles. The number of hydrogen-bond donors (Lipinski definition) is 3. The number of aromatic hydroxyl groups is 1. The number of carbonyl (C=O) groups excluding carboxylic acids is 1. The molecule has 1 aliphatic heterocycles. The molecule has 1 heterocycles. The fraction of sp³-hybridized carbons (Fsp3) is 0.417. The molecule has 1 unspecified atom stereocenters. The number of carbonyl (C=O) groups is 1. The summed E-state index contributed by atoms with van der Waals surface area (Å²) >= 11 is 0. The van der Waals surface area contributed by atoms with Gasteiger partial charge in [-0.1, -0.05) is 0 Å². The maximum Gasteiger partial charge on any atom is 0.226 e. The van der Waals surface area contributed by atoms with Crippen LogP contribution in [0.25, 0.3) is 0 Å². The average Bonchev–Trinajstić information content (AvgIpc) is 3.02. The summed E-state index contributed by atoms with van der Waals surface area (Å²) < 4.78 is 0. The van der Waals surface area contributed by atoms with Crippen molar-refractivity contribution >= 4 is 17.3 Å². The van der Waals surface area contributed by atoms with Crippen molar-refractivity contribution in [2.45, 2.75) is 25.3 Å². The molecule has 2 aliphatic rings. The Morgan fingerprint density at radius 3 is 2.81 bits per heavy atom. The minimum atomic E-state index is 0.0220. The number of phenols is 1. The Balaban J connectivity index is 1.94. The minimum Gasteiger partial charge on any atom is -0.508 e. The number of anilines is 2. The normalized spacial score (nSPS) is 24.0. The van der Waals surface area contributed by atoms with Crippen molar-refractivity contribution in [2.75, 3.05) is 10.6 Å². The van der Waals surface area contributed by atoms with Crippen LogP contribution in [0.4, 0.5) is 11.4 Å². The van der Waals surface area contributed by atoms with Crippen molar-refractivity contribution in [3.63, 3.8) is 0 Å². The summed E-state index contributed by atoms with van der Waals surface area (Å²) in [6.07, 6.45) is 2.93. The van der Waals surface area contributed by atoms with Gasteiger partial charge in [0.25, 0.3) is 0 Å². The molecule has 1 saturated carbocycles. The zero-order valence-corrected chi connectivity index (χ0v) is 8.86. The largest absolute Gasteiger partial charge is 0.508 e. The molecule has 16 heavy (non-hydrogen) atoms. The van der Waals surface area contributed by atoms with Crippen molar-refractivity contribution in [3.8, 4) is 5.75 Å². The highest BCUT2D eigenvalue weighted by molar-refractivity contribution is 5.96. The van der Waals surface area contributed by atoms with E-state index >= 15 is 0 Å². The average molecular weight is 218 g/mol. The molecule has 1 amide bonds. The van der Waals surface area contributed by atoms with E-state index in [0.717, 1.165) is 5.69 Å². The zero-order chi connectivity index (χ0) is 11.1. The first-order valence-electron chi connectivity index (χ1n) is 5.62. The van der Waals surface area contributed by atoms with Crippen LogP contribution in [0, 0.1) is 5.92 Å². The van der Waals surface area contributed by atoms with Crippen LogP contribution in [0.3, 0.4) is 0 Å². The molecule has 0 radical (unpaired) electrons. The van der Waals surface area contributed by atoms with Crippen LogP contribution in [0.15, 0.2) is 18.2 Å². The van der Waals surface area contributed by atoms with Gasteiger partial charge in [-0.25, -0.2) is 0 Å². The van der Waals surface area contributed by atoms with Crippen LogP contribution >= 0.6 is 0 Å². The molecule has 0 bridgehead atoms. The van der Waals surface area contributed by atoms with Gasteiger partial charge >= 0.3 is 0 Å². The summed E-state index contributed by atoms with van der Waals surface area (Å²) in [7, 11) is 0. The summed E-state index contributed by atoms with van der Waals surface area (Å²) in [5, 5.41) is 15.6.